The second-order valence-corrected chi connectivity index (χ2v) is 12.2. The van der Waals surface area contributed by atoms with Gasteiger partial charge in [0.1, 0.15) is 6.04 Å². The third kappa shape index (κ3) is 5.77. The lowest BCUT2D eigenvalue weighted by molar-refractivity contribution is -0.124. The van der Waals surface area contributed by atoms with Crippen LogP contribution < -0.4 is 10.6 Å². The van der Waals surface area contributed by atoms with E-state index in [9.17, 15) is 18.0 Å². The van der Waals surface area contributed by atoms with E-state index in [0.717, 1.165) is 25.7 Å². The Morgan fingerprint density at radius 3 is 2.26 bits per heavy atom. The maximum absolute atomic E-state index is 13.7. The van der Waals surface area contributed by atoms with Crippen LogP contribution in [0.2, 0.25) is 5.02 Å². The van der Waals surface area contributed by atoms with Crippen molar-refractivity contribution >= 4 is 33.4 Å². The molecule has 1 aliphatic heterocycles. The molecule has 0 bridgehead atoms. The van der Waals surface area contributed by atoms with Crippen LogP contribution in [0.4, 0.5) is 0 Å². The predicted octanol–water partition coefficient (Wildman–Crippen LogP) is 4.10. The molecule has 3 aromatic rings. The first-order valence-electron chi connectivity index (χ1n) is 12.8. The van der Waals surface area contributed by atoms with Gasteiger partial charge in [0, 0.05) is 29.7 Å². The number of carbonyl (C=O) groups is 2. The molecule has 0 unspecified atom stereocenters. The molecular weight excluding hydrogens is 522 g/mol. The average molecular weight is 552 g/mol. The number of hydrogen-bond donors (Lipinski definition) is 2. The number of benzene rings is 3. The maximum Gasteiger partial charge on any atom is 0.251 e. The molecule has 1 saturated heterocycles. The zero-order valence-corrected chi connectivity index (χ0v) is 22.5. The van der Waals surface area contributed by atoms with Gasteiger partial charge in [0.25, 0.3) is 5.91 Å². The Hall–Kier alpha value is -3.20. The predicted molar refractivity (Wildman–Crippen MR) is 146 cm³/mol. The summed E-state index contributed by atoms with van der Waals surface area (Å²) in [5.41, 5.74) is 3.71. The summed E-state index contributed by atoms with van der Waals surface area (Å²) >= 11 is 5.98. The molecule has 1 atom stereocenters. The van der Waals surface area contributed by atoms with Crippen LogP contribution in [-0.2, 0) is 34.2 Å². The summed E-state index contributed by atoms with van der Waals surface area (Å²) in [5, 5.41) is 6.38. The van der Waals surface area contributed by atoms with E-state index in [4.69, 9.17) is 11.6 Å². The standard InChI is InChI=1S/C29H30ClN3O4S/c30-24-12-14-26(15-13-24)38(36,37)33(27-7-3-4-16-31-29(27)35)19-20-8-10-21(11-9-20)28(34)32-25-17-22-5-1-2-6-23(22)18-25/h1-2,5-6,8-15,25,27H,3-4,7,16-19H2,(H,31,35)(H,32,34)/t27-/m1/s1. The van der Waals surface area contributed by atoms with Gasteiger partial charge in [-0.15, -0.1) is 0 Å². The van der Waals surface area contributed by atoms with Crippen LogP contribution in [0.15, 0.2) is 77.7 Å². The van der Waals surface area contributed by atoms with Gasteiger partial charge < -0.3 is 10.6 Å². The van der Waals surface area contributed by atoms with Gasteiger partial charge in [-0.05, 0) is 85.2 Å². The van der Waals surface area contributed by atoms with Crippen LogP contribution in [0, 0.1) is 0 Å². The van der Waals surface area contributed by atoms with Crippen LogP contribution >= 0.6 is 11.6 Å². The first kappa shape index (κ1) is 26.4. The molecule has 0 aromatic heterocycles. The number of amides is 2. The number of nitrogens with zero attached hydrogens (tertiary/aromatic N) is 1. The maximum atomic E-state index is 13.7. The van der Waals surface area contributed by atoms with Crippen molar-refractivity contribution in [3.05, 3.63) is 100 Å². The molecule has 1 aliphatic carbocycles. The Labute approximate surface area is 228 Å². The van der Waals surface area contributed by atoms with E-state index in [2.05, 4.69) is 22.8 Å². The molecule has 0 spiro atoms. The van der Waals surface area contributed by atoms with Crippen molar-refractivity contribution < 1.29 is 18.0 Å². The van der Waals surface area contributed by atoms with E-state index >= 15 is 0 Å². The zero-order valence-electron chi connectivity index (χ0n) is 20.9. The van der Waals surface area contributed by atoms with E-state index in [0.29, 0.717) is 29.1 Å². The molecule has 1 fully saturated rings. The van der Waals surface area contributed by atoms with Gasteiger partial charge in [0.05, 0.1) is 4.90 Å². The first-order valence-corrected chi connectivity index (χ1v) is 14.6. The van der Waals surface area contributed by atoms with Crippen molar-refractivity contribution in [3.8, 4) is 0 Å². The number of halogens is 1. The molecule has 1 heterocycles. The lowest BCUT2D eigenvalue weighted by Gasteiger charge is -2.29. The van der Waals surface area contributed by atoms with E-state index in [1.165, 1.54) is 39.7 Å². The van der Waals surface area contributed by atoms with E-state index in [1.807, 2.05) is 12.1 Å². The average Bonchev–Trinajstić information content (AvgIpc) is 3.20. The second-order valence-electron chi connectivity index (χ2n) is 9.85. The Morgan fingerprint density at radius 2 is 1.61 bits per heavy atom. The Morgan fingerprint density at radius 1 is 0.947 bits per heavy atom. The van der Waals surface area contributed by atoms with Crippen molar-refractivity contribution in [2.45, 2.75) is 55.6 Å². The van der Waals surface area contributed by atoms with Gasteiger partial charge in [0.2, 0.25) is 15.9 Å². The molecule has 0 saturated carbocycles. The Balaban J connectivity index is 1.34. The fourth-order valence-corrected chi connectivity index (χ4v) is 6.91. The number of hydrogen-bond acceptors (Lipinski definition) is 4. The third-order valence-corrected chi connectivity index (χ3v) is 9.34. The highest BCUT2D eigenvalue weighted by molar-refractivity contribution is 7.89. The van der Waals surface area contributed by atoms with Crippen LogP contribution in [0.3, 0.4) is 0 Å². The van der Waals surface area contributed by atoms with Crippen LogP contribution in [0.1, 0.15) is 46.3 Å². The van der Waals surface area contributed by atoms with Gasteiger partial charge >= 0.3 is 0 Å². The number of fused-ring (bicyclic) bond motifs is 1. The second kappa shape index (κ2) is 11.3. The molecule has 198 valence electrons. The van der Waals surface area contributed by atoms with Gasteiger partial charge in [-0.1, -0.05) is 48.0 Å². The summed E-state index contributed by atoms with van der Waals surface area (Å²) < 4.78 is 28.7. The highest BCUT2D eigenvalue weighted by Crippen LogP contribution is 2.26. The molecule has 5 rings (SSSR count). The summed E-state index contributed by atoms with van der Waals surface area (Å²) in [4.78, 5) is 25.9. The number of carbonyl (C=O) groups excluding carboxylic acids is 2. The molecule has 7 nitrogen and oxygen atoms in total. The molecule has 3 aromatic carbocycles. The highest BCUT2D eigenvalue weighted by atomic mass is 35.5. The van der Waals surface area contributed by atoms with Crippen molar-refractivity contribution in [1.29, 1.82) is 0 Å². The van der Waals surface area contributed by atoms with E-state index in [-0.39, 0.29) is 29.3 Å². The van der Waals surface area contributed by atoms with Gasteiger partial charge in [0.15, 0.2) is 0 Å². The summed E-state index contributed by atoms with van der Waals surface area (Å²) in [6.45, 7) is 0.531. The van der Waals surface area contributed by atoms with Crippen LogP contribution in [-0.4, -0.2) is 43.2 Å². The Kier molecular flexibility index (Phi) is 7.83. The molecule has 2 amide bonds. The molecule has 38 heavy (non-hydrogen) atoms. The van der Waals surface area contributed by atoms with Gasteiger partial charge in [-0.3, -0.25) is 9.59 Å². The van der Waals surface area contributed by atoms with E-state index in [1.54, 1.807) is 24.3 Å². The third-order valence-electron chi connectivity index (χ3n) is 7.21. The van der Waals surface area contributed by atoms with Crippen LogP contribution in [0.25, 0.3) is 0 Å². The number of sulfonamides is 1. The quantitative estimate of drug-likeness (QED) is 0.462. The number of rotatable bonds is 7. The van der Waals surface area contributed by atoms with E-state index < -0.39 is 16.1 Å². The van der Waals surface area contributed by atoms with Crippen LogP contribution in [0.5, 0.6) is 0 Å². The zero-order chi connectivity index (χ0) is 26.7. The minimum atomic E-state index is -4.00. The van der Waals surface area contributed by atoms with Crippen molar-refractivity contribution in [2.24, 2.45) is 0 Å². The summed E-state index contributed by atoms with van der Waals surface area (Å²) in [6.07, 6.45) is 3.58. The smallest absolute Gasteiger partial charge is 0.251 e. The normalized spacial score (nSPS) is 18.1. The highest BCUT2D eigenvalue weighted by Gasteiger charge is 2.36. The Bertz CT molecular complexity index is 1400. The fourth-order valence-electron chi connectivity index (χ4n) is 5.17. The van der Waals surface area contributed by atoms with Crippen molar-refractivity contribution in [3.63, 3.8) is 0 Å². The molecule has 2 N–H and O–H groups in total. The minimum absolute atomic E-state index is 0.00286. The fraction of sp³-hybridized carbons (Fsp3) is 0.310. The summed E-state index contributed by atoms with van der Waals surface area (Å²) in [7, 11) is -4.00. The minimum Gasteiger partial charge on any atom is -0.355 e. The topological polar surface area (TPSA) is 95.6 Å². The molecule has 2 aliphatic rings. The monoisotopic (exact) mass is 551 g/mol. The van der Waals surface area contributed by atoms with Crippen molar-refractivity contribution in [1.82, 2.24) is 14.9 Å². The SMILES string of the molecule is O=C(NC1Cc2ccccc2C1)c1ccc(CN([C@@H]2CCCCNC2=O)S(=O)(=O)c2ccc(Cl)cc2)cc1. The van der Waals surface area contributed by atoms with Crippen molar-refractivity contribution in [2.75, 3.05) is 6.54 Å². The summed E-state index contributed by atoms with van der Waals surface area (Å²) in [5.74, 6) is -0.461. The largest absolute Gasteiger partial charge is 0.355 e. The van der Waals surface area contributed by atoms with Gasteiger partial charge in [-0.2, -0.15) is 4.31 Å². The molecule has 9 heteroatoms. The first-order chi connectivity index (χ1) is 18.3. The molecule has 0 radical (unpaired) electrons. The lowest BCUT2D eigenvalue weighted by atomic mass is 10.1. The lowest BCUT2D eigenvalue weighted by Crippen LogP contribution is -2.48. The molecular formula is C29H30ClN3O4S. The summed E-state index contributed by atoms with van der Waals surface area (Å²) in [6, 6.07) is 20.3. The van der Waals surface area contributed by atoms with Gasteiger partial charge in [-0.25, -0.2) is 8.42 Å². The number of nitrogens with one attached hydrogen (secondary N) is 2.